The monoisotopic (exact) mass is 350 g/mol. The smallest absolute Gasteiger partial charge is 0.274 e. The maximum atomic E-state index is 12.5. The number of rotatable bonds is 5. The van der Waals surface area contributed by atoms with Gasteiger partial charge in [-0.15, -0.1) is 10.2 Å². The molecule has 0 fully saturated rings. The number of nitrogens with zero attached hydrogens (tertiary/aromatic N) is 4. The number of carbonyl (C=O) groups excluding carboxylic acids is 2. The maximum Gasteiger partial charge on any atom is 0.274 e. The molecule has 1 aromatic carbocycles. The molecule has 0 atom stereocenters. The molecule has 8 nitrogen and oxygen atoms in total. The van der Waals surface area contributed by atoms with E-state index in [1.165, 1.54) is 12.7 Å². The fraction of sp³-hybridized carbons (Fsp3) is 0.167. The van der Waals surface area contributed by atoms with E-state index in [9.17, 15) is 9.59 Å². The number of hydrogen-bond donors (Lipinski definition) is 2. The fourth-order valence-electron chi connectivity index (χ4n) is 2.41. The first-order chi connectivity index (χ1) is 12.6. The minimum absolute atomic E-state index is 0.142. The van der Waals surface area contributed by atoms with E-state index in [2.05, 4.69) is 25.8 Å². The summed E-state index contributed by atoms with van der Waals surface area (Å²) in [6.45, 7) is 4.25. The van der Waals surface area contributed by atoms with E-state index in [0.29, 0.717) is 23.6 Å². The van der Waals surface area contributed by atoms with Crippen LogP contribution in [0.4, 0.5) is 5.69 Å². The van der Waals surface area contributed by atoms with Crippen LogP contribution >= 0.6 is 0 Å². The van der Waals surface area contributed by atoms with Crippen LogP contribution in [-0.2, 0) is 0 Å². The Morgan fingerprint density at radius 1 is 1.08 bits per heavy atom. The van der Waals surface area contributed by atoms with Gasteiger partial charge in [0, 0.05) is 17.8 Å². The van der Waals surface area contributed by atoms with Gasteiger partial charge in [0.05, 0.1) is 0 Å². The van der Waals surface area contributed by atoms with E-state index in [1.807, 2.05) is 13.8 Å². The zero-order chi connectivity index (χ0) is 18.5. The Labute approximate surface area is 150 Å². The maximum absolute atomic E-state index is 12.5. The second kappa shape index (κ2) is 7.56. The SMILES string of the molecule is CCNC(=O)c1ccc(NC(=O)c2cccc(-n3cnnc3)n2)c(C)c1. The third-order valence-electron chi connectivity index (χ3n) is 3.72. The summed E-state index contributed by atoms with van der Waals surface area (Å²) in [4.78, 5) is 28.7. The average Bonchev–Trinajstić information content (AvgIpc) is 3.18. The van der Waals surface area contributed by atoms with Crippen molar-refractivity contribution >= 4 is 17.5 Å². The first-order valence-corrected chi connectivity index (χ1v) is 8.10. The Hall–Kier alpha value is -3.55. The lowest BCUT2D eigenvalue weighted by atomic mass is 10.1. The predicted octanol–water partition coefficient (Wildman–Crippen LogP) is 1.97. The molecular weight excluding hydrogens is 332 g/mol. The second-order valence-electron chi connectivity index (χ2n) is 5.59. The molecule has 2 heterocycles. The summed E-state index contributed by atoms with van der Waals surface area (Å²) in [6, 6.07) is 10.2. The van der Waals surface area contributed by atoms with Gasteiger partial charge in [-0.2, -0.15) is 0 Å². The Morgan fingerprint density at radius 2 is 1.85 bits per heavy atom. The van der Waals surface area contributed by atoms with Crippen molar-refractivity contribution in [3.8, 4) is 5.82 Å². The predicted molar refractivity (Wildman–Crippen MR) is 96.3 cm³/mol. The van der Waals surface area contributed by atoms with Gasteiger partial charge in [0.15, 0.2) is 0 Å². The molecule has 0 bridgehead atoms. The summed E-state index contributed by atoms with van der Waals surface area (Å²) in [5.74, 6) is 0.0662. The minimum Gasteiger partial charge on any atom is -0.352 e. The zero-order valence-corrected chi connectivity index (χ0v) is 14.4. The van der Waals surface area contributed by atoms with Crippen LogP contribution in [0.2, 0.25) is 0 Å². The number of benzene rings is 1. The van der Waals surface area contributed by atoms with E-state index >= 15 is 0 Å². The van der Waals surface area contributed by atoms with Gasteiger partial charge in [-0.05, 0) is 49.7 Å². The zero-order valence-electron chi connectivity index (χ0n) is 14.4. The van der Waals surface area contributed by atoms with Gasteiger partial charge >= 0.3 is 0 Å². The molecule has 0 saturated carbocycles. The van der Waals surface area contributed by atoms with Gasteiger partial charge in [0.25, 0.3) is 11.8 Å². The summed E-state index contributed by atoms with van der Waals surface area (Å²) in [5.41, 5.74) is 2.23. The number of nitrogens with one attached hydrogen (secondary N) is 2. The summed E-state index contributed by atoms with van der Waals surface area (Å²) >= 11 is 0. The molecule has 0 spiro atoms. The molecule has 0 unspecified atom stereocenters. The third-order valence-corrected chi connectivity index (χ3v) is 3.72. The highest BCUT2D eigenvalue weighted by atomic mass is 16.2. The molecule has 2 aromatic heterocycles. The highest BCUT2D eigenvalue weighted by Crippen LogP contribution is 2.18. The van der Waals surface area contributed by atoms with Crippen LogP contribution in [0.3, 0.4) is 0 Å². The van der Waals surface area contributed by atoms with Crippen molar-refractivity contribution in [3.05, 3.63) is 65.9 Å². The minimum atomic E-state index is -0.339. The summed E-state index contributed by atoms with van der Waals surface area (Å²) in [5, 5.41) is 13.0. The van der Waals surface area contributed by atoms with Crippen molar-refractivity contribution in [2.45, 2.75) is 13.8 Å². The number of anilines is 1. The van der Waals surface area contributed by atoms with Crippen molar-refractivity contribution in [3.63, 3.8) is 0 Å². The normalized spacial score (nSPS) is 10.4. The van der Waals surface area contributed by atoms with E-state index in [-0.39, 0.29) is 17.5 Å². The molecule has 0 saturated heterocycles. The van der Waals surface area contributed by atoms with Gasteiger partial charge in [-0.1, -0.05) is 6.07 Å². The van der Waals surface area contributed by atoms with Gasteiger partial charge < -0.3 is 10.6 Å². The van der Waals surface area contributed by atoms with Crippen molar-refractivity contribution < 1.29 is 9.59 Å². The Bertz CT molecular complexity index is 937. The van der Waals surface area contributed by atoms with Crippen molar-refractivity contribution in [2.24, 2.45) is 0 Å². The lowest BCUT2D eigenvalue weighted by Crippen LogP contribution is -2.23. The summed E-state index contributed by atoms with van der Waals surface area (Å²) in [6.07, 6.45) is 3.02. The topological polar surface area (TPSA) is 102 Å². The van der Waals surface area contributed by atoms with Crippen molar-refractivity contribution in [2.75, 3.05) is 11.9 Å². The fourth-order valence-corrected chi connectivity index (χ4v) is 2.41. The van der Waals surface area contributed by atoms with Crippen molar-refractivity contribution in [1.82, 2.24) is 25.1 Å². The molecule has 2 amide bonds. The van der Waals surface area contributed by atoms with Crippen LogP contribution in [0.25, 0.3) is 5.82 Å². The Morgan fingerprint density at radius 3 is 2.54 bits per heavy atom. The average molecular weight is 350 g/mol. The lowest BCUT2D eigenvalue weighted by molar-refractivity contribution is 0.0955. The number of aryl methyl sites for hydroxylation is 1. The van der Waals surface area contributed by atoms with Crippen LogP contribution in [0.15, 0.2) is 49.1 Å². The van der Waals surface area contributed by atoms with Crippen LogP contribution in [0.1, 0.15) is 33.3 Å². The number of hydrogen-bond acceptors (Lipinski definition) is 5. The van der Waals surface area contributed by atoms with Gasteiger partial charge in [0.2, 0.25) is 0 Å². The molecule has 132 valence electrons. The van der Waals surface area contributed by atoms with Gasteiger partial charge in [0.1, 0.15) is 24.2 Å². The highest BCUT2D eigenvalue weighted by molar-refractivity contribution is 6.04. The van der Waals surface area contributed by atoms with Crippen molar-refractivity contribution in [1.29, 1.82) is 0 Å². The first-order valence-electron chi connectivity index (χ1n) is 8.10. The Kier molecular flexibility index (Phi) is 5.02. The van der Waals surface area contributed by atoms with Crippen LogP contribution in [0, 0.1) is 6.92 Å². The van der Waals surface area contributed by atoms with Crippen LogP contribution < -0.4 is 10.6 Å². The van der Waals surface area contributed by atoms with Gasteiger partial charge in [-0.3, -0.25) is 14.2 Å². The molecular formula is C18H18N6O2. The molecule has 3 rings (SSSR count). The number of aromatic nitrogens is 4. The summed E-state index contributed by atoms with van der Waals surface area (Å²) < 4.78 is 1.61. The number of carbonyl (C=O) groups is 2. The van der Waals surface area contributed by atoms with Gasteiger partial charge in [-0.25, -0.2) is 4.98 Å². The molecule has 0 aliphatic rings. The van der Waals surface area contributed by atoms with E-state index in [4.69, 9.17) is 0 Å². The van der Waals surface area contributed by atoms with E-state index in [0.717, 1.165) is 5.56 Å². The highest BCUT2D eigenvalue weighted by Gasteiger charge is 2.12. The second-order valence-corrected chi connectivity index (χ2v) is 5.59. The third kappa shape index (κ3) is 3.75. The van der Waals surface area contributed by atoms with Crippen LogP contribution in [0.5, 0.6) is 0 Å². The molecule has 0 radical (unpaired) electrons. The largest absolute Gasteiger partial charge is 0.352 e. The molecule has 0 aliphatic heterocycles. The van der Waals surface area contributed by atoms with E-state index in [1.54, 1.807) is 41.0 Å². The molecule has 8 heteroatoms. The standard InChI is InChI=1S/C18H18N6O2/c1-3-19-17(25)13-7-8-14(12(2)9-13)23-18(26)15-5-4-6-16(22-15)24-10-20-21-11-24/h4-11H,3H2,1-2H3,(H,19,25)(H,23,26). The molecule has 0 aliphatic carbocycles. The molecule has 26 heavy (non-hydrogen) atoms. The van der Waals surface area contributed by atoms with Crippen LogP contribution in [-0.4, -0.2) is 38.1 Å². The molecule has 2 N–H and O–H groups in total. The summed E-state index contributed by atoms with van der Waals surface area (Å²) in [7, 11) is 0. The molecule has 3 aromatic rings. The lowest BCUT2D eigenvalue weighted by Gasteiger charge is -2.10. The quantitative estimate of drug-likeness (QED) is 0.732. The number of amides is 2. The number of pyridine rings is 1. The first kappa shape index (κ1) is 17.3. The van der Waals surface area contributed by atoms with E-state index < -0.39 is 0 Å². The Balaban J connectivity index is 1.78.